The summed E-state index contributed by atoms with van der Waals surface area (Å²) in [4.78, 5) is 35.7. The van der Waals surface area contributed by atoms with Crippen LogP contribution < -0.4 is 10.6 Å². The average Bonchev–Trinajstić information content (AvgIpc) is 2.54. The van der Waals surface area contributed by atoms with Gasteiger partial charge < -0.3 is 10.6 Å². The predicted octanol–water partition coefficient (Wildman–Crippen LogP) is 4.11. The van der Waals surface area contributed by atoms with Crippen LogP contribution in [0.2, 0.25) is 0 Å². The van der Waals surface area contributed by atoms with E-state index in [9.17, 15) is 14.4 Å². The van der Waals surface area contributed by atoms with Crippen molar-refractivity contribution in [3.05, 3.63) is 29.8 Å². The summed E-state index contributed by atoms with van der Waals surface area (Å²) >= 11 is 0. The third kappa shape index (κ3) is 9.35. The Bertz CT molecular complexity index is 579. The number of anilines is 1. The molecule has 0 spiro atoms. The van der Waals surface area contributed by atoms with Crippen LogP contribution in [0.15, 0.2) is 24.3 Å². The lowest BCUT2D eigenvalue weighted by Gasteiger charge is -2.22. The van der Waals surface area contributed by atoms with E-state index in [1.165, 1.54) is 13.3 Å². The van der Waals surface area contributed by atoms with Crippen LogP contribution >= 0.6 is 0 Å². The van der Waals surface area contributed by atoms with Crippen LogP contribution in [-0.2, 0) is 14.4 Å². The number of carbonyl (C=O) groups is 3. The van der Waals surface area contributed by atoms with Crippen molar-refractivity contribution >= 4 is 23.3 Å². The minimum Gasteiger partial charge on any atom is -0.346 e. The highest BCUT2D eigenvalue weighted by Crippen LogP contribution is 2.14. The fourth-order valence-corrected chi connectivity index (χ4v) is 2.26. The normalized spacial score (nSPS) is 12.5. The molecule has 0 radical (unpaired) electrons. The Balaban J connectivity index is 0.00000194. The molecule has 0 aliphatic rings. The van der Waals surface area contributed by atoms with Gasteiger partial charge in [-0.05, 0) is 25.0 Å². The second kappa shape index (κ2) is 12.2. The second-order valence-electron chi connectivity index (χ2n) is 7.06. The molecule has 1 unspecified atom stereocenters. The molecule has 26 heavy (non-hydrogen) atoms. The molecule has 0 aromatic heterocycles. The minimum atomic E-state index is -0.554. The van der Waals surface area contributed by atoms with E-state index < -0.39 is 12.0 Å². The molecule has 1 rings (SSSR count). The lowest BCUT2D eigenvalue weighted by molar-refractivity contribution is -0.130. The summed E-state index contributed by atoms with van der Waals surface area (Å²) in [5.41, 5.74) is 1.82. The number of aryl methyl sites for hydroxylation is 1. The fourth-order valence-electron chi connectivity index (χ4n) is 2.26. The Kier molecular flexibility index (Phi) is 11.2. The summed E-state index contributed by atoms with van der Waals surface area (Å²) in [6.07, 6.45) is 1.35. The van der Waals surface area contributed by atoms with Crippen molar-refractivity contribution < 1.29 is 14.4 Å². The summed E-state index contributed by atoms with van der Waals surface area (Å²) < 4.78 is 0. The molecule has 5 nitrogen and oxygen atoms in total. The first kappa shape index (κ1) is 23.8. The van der Waals surface area contributed by atoms with E-state index in [0.717, 1.165) is 5.56 Å². The number of carbonyl (C=O) groups excluding carboxylic acids is 3. The first-order valence-corrected chi connectivity index (χ1v) is 9.29. The van der Waals surface area contributed by atoms with E-state index in [2.05, 4.69) is 24.5 Å². The largest absolute Gasteiger partial charge is 0.346 e. The van der Waals surface area contributed by atoms with Crippen molar-refractivity contribution in [2.75, 3.05) is 5.32 Å². The molecule has 2 amide bonds. The maximum absolute atomic E-state index is 12.3. The third-order valence-corrected chi connectivity index (χ3v) is 3.65. The topological polar surface area (TPSA) is 75.3 Å². The van der Waals surface area contributed by atoms with Crippen LogP contribution in [0.25, 0.3) is 0 Å². The van der Waals surface area contributed by atoms with Crippen LogP contribution in [0.1, 0.15) is 59.9 Å². The molecular weight excluding hydrogens is 328 g/mol. The van der Waals surface area contributed by atoms with Crippen molar-refractivity contribution in [2.45, 2.75) is 67.3 Å². The molecule has 1 aromatic carbocycles. The first-order chi connectivity index (χ1) is 12.1. The molecule has 0 bridgehead atoms. The van der Waals surface area contributed by atoms with Crippen LogP contribution in [0, 0.1) is 18.8 Å². The van der Waals surface area contributed by atoms with Crippen molar-refractivity contribution in [3.63, 3.8) is 0 Å². The fraction of sp³-hybridized carbons (Fsp3) is 0.571. The van der Waals surface area contributed by atoms with Crippen molar-refractivity contribution in [1.82, 2.24) is 5.32 Å². The van der Waals surface area contributed by atoms with Gasteiger partial charge in [-0.2, -0.15) is 0 Å². The van der Waals surface area contributed by atoms with E-state index in [4.69, 9.17) is 0 Å². The van der Waals surface area contributed by atoms with Crippen LogP contribution in [0.5, 0.6) is 0 Å². The molecule has 0 aliphatic carbocycles. The number of Topliss-reactive ketones (excluding diaryl/α,β-unsaturated/α-hetero) is 1. The highest BCUT2D eigenvalue weighted by Gasteiger charge is 2.26. The van der Waals surface area contributed by atoms with Gasteiger partial charge in [0.2, 0.25) is 11.8 Å². The molecule has 0 saturated heterocycles. The smallest absolute Gasteiger partial charge is 0.227 e. The van der Waals surface area contributed by atoms with E-state index in [0.29, 0.717) is 5.69 Å². The Morgan fingerprint density at radius 1 is 1.00 bits per heavy atom. The van der Waals surface area contributed by atoms with Gasteiger partial charge in [-0.25, -0.2) is 0 Å². The zero-order valence-electron chi connectivity index (χ0n) is 17.2. The molecule has 146 valence electrons. The highest BCUT2D eigenvalue weighted by molar-refractivity contribution is 5.97. The SMILES string of the molecule is CC(=O)NC(C(=O)C[C@@H](C)C(=O)Nc1ccc(C)cc1)C(C)C.CCC. The summed E-state index contributed by atoms with van der Waals surface area (Å²) in [5, 5.41) is 5.46. The predicted molar refractivity (Wildman–Crippen MR) is 107 cm³/mol. The van der Waals surface area contributed by atoms with Crippen LogP contribution in [0.4, 0.5) is 5.69 Å². The maximum atomic E-state index is 12.3. The van der Waals surface area contributed by atoms with Crippen LogP contribution in [0.3, 0.4) is 0 Å². The lowest BCUT2D eigenvalue weighted by atomic mass is 9.93. The van der Waals surface area contributed by atoms with Gasteiger partial charge in [0.1, 0.15) is 0 Å². The van der Waals surface area contributed by atoms with Gasteiger partial charge in [0.05, 0.1) is 6.04 Å². The van der Waals surface area contributed by atoms with Gasteiger partial charge in [0.25, 0.3) is 0 Å². The minimum absolute atomic E-state index is 0.0150. The van der Waals surface area contributed by atoms with E-state index in [1.54, 1.807) is 6.92 Å². The Morgan fingerprint density at radius 2 is 1.50 bits per heavy atom. The summed E-state index contributed by atoms with van der Waals surface area (Å²) in [5.74, 6) is -1.04. The number of nitrogens with one attached hydrogen (secondary N) is 2. The van der Waals surface area contributed by atoms with Crippen molar-refractivity contribution in [2.24, 2.45) is 11.8 Å². The highest BCUT2D eigenvalue weighted by atomic mass is 16.2. The lowest BCUT2D eigenvalue weighted by Crippen LogP contribution is -2.44. The van der Waals surface area contributed by atoms with Crippen molar-refractivity contribution in [3.8, 4) is 0 Å². The summed E-state index contributed by atoms with van der Waals surface area (Å²) in [6, 6.07) is 6.93. The van der Waals surface area contributed by atoms with Gasteiger partial charge in [-0.3, -0.25) is 14.4 Å². The van der Waals surface area contributed by atoms with Gasteiger partial charge in [-0.1, -0.05) is 58.7 Å². The third-order valence-electron chi connectivity index (χ3n) is 3.65. The molecule has 1 aromatic rings. The van der Waals surface area contributed by atoms with E-state index in [1.807, 2.05) is 45.0 Å². The zero-order chi connectivity index (χ0) is 20.3. The Hall–Kier alpha value is -2.17. The van der Waals surface area contributed by atoms with E-state index >= 15 is 0 Å². The number of ketones is 1. The molecule has 0 heterocycles. The summed E-state index contributed by atoms with van der Waals surface area (Å²) in [6.45, 7) is 13.1. The Morgan fingerprint density at radius 3 is 1.92 bits per heavy atom. The molecule has 2 N–H and O–H groups in total. The number of rotatable bonds is 7. The molecular formula is C21H34N2O3. The number of hydrogen-bond donors (Lipinski definition) is 2. The molecule has 0 fully saturated rings. The van der Waals surface area contributed by atoms with Gasteiger partial charge in [0, 0.05) is 24.9 Å². The van der Waals surface area contributed by atoms with Gasteiger partial charge in [0.15, 0.2) is 5.78 Å². The maximum Gasteiger partial charge on any atom is 0.227 e. The number of benzene rings is 1. The Labute approximate surface area is 157 Å². The molecule has 0 saturated carbocycles. The molecule has 2 atom stereocenters. The molecule has 0 aliphatic heterocycles. The summed E-state index contributed by atoms with van der Waals surface area (Å²) in [7, 11) is 0. The number of hydrogen-bond acceptors (Lipinski definition) is 3. The van der Waals surface area contributed by atoms with E-state index in [-0.39, 0.29) is 29.9 Å². The van der Waals surface area contributed by atoms with Crippen LogP contribution in [-0.4, -0.2) is 23.6 Å². The molecule has 5 heteroatoms. The second-order valence-corrected chi connectivity index (χ2v) is 7.06. The quantitative estimate of drug-likeness (QED) is 0.766. The van der Waals surface area contributed by atoms with Crippen molar-refractivity contribution in [1.29, 1.82) is 0 Å². The standard InChI is InChI=1S/C18H26N2O3.C3H8/c1-11(2)17(19-14(5)21)16(22)10-13(4)18(23)20-15-8-6-12(3)7-9-15;1-3-2/h6-9,11,13,17H,10H2,1-5H3,(H,19,21)(H,20,23);3H2,1-2H3/t13-,17?;/m1./s1. The number of amides is 2. The zero-order valence-corrected chi connectivity index (χ0v) is 17.2. The average molecular weight is 363 g/mol. The van der Waals surface area contributed by atoms with Gasteiger partial charge in [-0.15, -0.1) is 0 Å². The first-order valence-electron chi connectivity index (χ1n) is 9.29. The van der Waals surface area contributed by atoms with Gasteiger partial charge >= 0.3 is 0 Å². The monoisotopic (exact) mass is 362 g/mol.